The molecule has 10 heteroatoms. The number of aliphatic hydroxyl groups is 3. The van der Waals surface area contributed by atoms with Gasteiger partial charge < -0.3 is 44.9 Å². The summed E-state index contributed by atoms with van der Waals surface area (Å²) in [7, 11) is 5.92. The number of aromatic nitrogens is 1. The number of nitrogens with zero attached hydrogens (tertiary/aromatic N) is 2. The Kier molecular flexibility index (Phi) is 12.7. The molecule has 5 N–H and O–H groups in total. The Labute approximate surface area is 275 Å². The molecule has 260 valence electrons. The Bertz CT molecular complexity index is 1250. The van der Waals surface area contributed by atoms with Crippen molar-refractivity contribution >= 4 is 16.8 Å². The minimum absolute atomic E-state index is 0.0282. The van der Waals surface area contributed by atoms with E-state index in [9.17, 15) is 20.1 Å². The molecule has 1 amide bonds. The Morgan fingerprint density at radius 2 is 1.87 bits per heavy atom. The van der Waals surface area contributed by atoms with Gasteiger partial charge in [-0.25, -0.2) is 0 Å². The molecule has 3 heterocycles. The number of likely N-dealkylation sites (N-methyl/N-ethyl adjacent to an activating group) is 1. The van der Waals surface area contributed by atoms with Crippen molar-refractivity contribution in [2.75, 3.05) is 34.2 Å². The Morgan fingerprint density at radius 3 is 2.59 bits per heavy atom. The second-order valence-electron chi connectivity index (χ2n) is 15.0. The molecule has 0 aliphatic carbocycles. The number of rotatable bonds is 7. The van der Waals surface area contributed by atoms with Gasteiger partial charge in [-0.05, 0) is 115 Å². The molecule has 1 aromatic heterocycles. The van der Waals surface area contributed by atoms with Crippen molar-refractivity contribution in [2.24, 2.45) is 17.8 Å². The maximum Gasteiger partial charge on any atom is 0.225 e. The molecule has 0 saturated carbocycles. The van der Waals surface area contributed by atoms with Crippen molar-refractivity contribution < 1.29 is 29.6 Å². The van der Waals surface area contributed by atoms with Crippen molar-refractivity contribution in [1.29, 1.82) is 0 Å². The zero-order valence-electron chi connectivity index (χ0n) is 29.3. The highest BCUT2D eigenvalue weighted by atomic mass is 16.7. The SMILES string of the molecule is C[C@H]1CN(C)CCC(CCCc2ccc3[nH]ccc3c2)NC(=O)[C@@H](C)[C@@H](O)[C@H](C)[C@@H](OC2O[C@H](C)C[C@H](N(C)C)[C@H]2O)[C@](C)(O)C1. The number of amides is 1. The predicted octanol–water partition coefficient (Wildman–Crippen LogP) is 3.53. The normalized spacial score (nSPS) is 37.7. The topological polar surface area (TPSA) is 131 Å². The molecule has 2 aromatic rings. The van der Waals surface area contributed by atoms with Gasteiger partial charge in [0.1, 0.15) is 6.10 Å². The first-order valence-corrected chi connectivity index (χ1v) is 17.3. The van der Waals surface area contributed by atoms with Crippen LogP contribution in [0, 0.1) is 17.8 Å². The largest absolute Gasteiger partial charge is 0.392 e. The summed E-state index contributed by atoms with van der Waals surface area (Å²) in [5.74, 6) is -1.45. The second kappa shape index (κ2) is 15.9. The van der Waals surface area contributed by atoms with Crippen LogP contribution < -0.4 is 5.32 Å². The smallest absolute Gasteiger partial charge is 0.225 e. The van der Waals surface area contributed by atoms with Gasteiger partial charge in [0.15, 0.2) is 6.29 Å². The average molecular weight is 645 g/mol. The van der Waals surface area contributed by atoms with Crippen molar-refractivity contribution in [3.8, 4) is 0 Å². The average Bonchev–Trinajstić information content (AvgIpc) is 3.45. The van der Waals surface area contributed by atoms with Gasteiger partial charge in [-0.2, -0.15) is 0 Å². The molecule has 1 aromatic carbocycles. The van der Waals surface area contributed by atoms with Gasteiger partial charge in [0.05, 0.1) is 29.8 Å². The Morgan fingerprint density at radius 1 is 1.13 bits per heavy atom. The monoisotopic (exact) mass is 644 g/mol. The van der Waals surface area contributed by atoms with E-state index in [0.29, 0.717) is 12.8 Å². The molecular formula is C36H60N4O6. The van der Waals surface area contributed by atoms with Crippen LogP contribution in [0.4, 0.5) is 0 Å². The van der Waals surface area contributed by atoms with Gasteiger partial charge in [0, 0.05) is 36.3 Å². The van der Waals surface area contributed by atoms with Gasteiger partial charge in [-0.1, -0.05) is 26.8 Å². The van der Waals surface area contributed by atoms with E-state index in [-0.39, 0.29) is 30.0 Å². The fraction of sp³-hybridized carbons (Fsp3) is 0.750. The molecule has 4 rings (SSSR count). The summed E-state index contributed by atoms with van der Waals surface area (Å²) in [4.78, 5) is 21.1. The Hall–Kier alpha value is -2.05. The minimum atomic E-state index is -1.36. The summed E-state index contributed by atoms with van der Waals surface area (Å²) in [6, 6.07) is 8.37. The molecule has 2 fully saturated rings. The van der Waals surface area contributed by atoms with Crippen molar-refractivity contribution in [1.82, 2.24) is 20.1 Å². The number of carbonyl (C=O) groups excluding carboxylic acids is 1. The van der Waals surface area contributed by atoms with Crippen LogP contribution in [0.15, 0.2) is 30.5 Å². The third-order valence-electron chi connectivity index (χ3n) is 10.3. The summed E-state index contributed by atoms with van der Waals surface area (Å²) >= 11 is 0. The summed E-state index contributed by atoms with van der Waals surface area (Å²) in [5.41, 5.74) is 1.05. The lowest BCUT2D eigenvalue weighted by Gasteiger charge is -2.46. The number of ether oxygens (including phenoxy) is 2. The highest BCUT2D eigenvalue weighted by Crippen LogP contribution is 2.35. The summed E-state index contributed by atoms with van der Waals surface area (Å²) in [6.07, 6.45) is 2.46. The molecule has 46 heavy (non-hydrogen) atoms. The van der Waals surface area contributed by atoms with E-state index >= 15 is 0 Å². The van der Waals surface area contributed by atoms with Gasteiger partial charge in [-0.3, -0.25) is 4.79 Å². The van der Waals surface area contributed by atoms with Gasteiger partial charge in [0.2, 0.25) is 5.91 Å². The number of H-pyrrole nitrogens is 1. The zero-order chi connectivity index (χ0) is 33.8. The number of aryl methyl sites for hydroxylation is 1. The van der Waals surface area contributed by atoms with Crippen molar-refractivity contribution in [3.05, 3.63) is 36.0 Å². The predicted molar refractivity (Wildman–Crippen MR) is 181 cm³/mol. The molecule has 2 aliphatic heterocycles. The molecule has 11 atom stereocenters. The number of hydrogen-bond acceptors (Lipinski definition) is 8. The number of aliphatic hydroxyl groups excluding tert-OH is 2. The summed E-state index contributed by atoms with van der Waals surface area (Å²) in [5, 5.41) is 39.3. The van der Waals surface area contributed by atoms with Crippen LogP contribution in [0.25, 0.3) is 10.9 Å². The molecule has 2 saturated heterocycles. The van der Waals surface area contributed by atoms with Crippen LogP contribution in [-0.4, -0.2) is 119 Å². The lowest BCUT2D eigenvalue weighted by molar-refractivity contribution is -0.299. The fourth-order valence-electron chi connectivity index (χ4n) is 7.74. The summed E-state index contributed by atoms with van der Waals surface area (Å²) in [6.45, 7) is 10.9. The number of carbonyl (C=O) groups is 1. The molecule has 0 spiro atoms. The molecule has 0 radical (unpaired) electrons. The standard InChI is InChI=1S/C36H60N4O6/c1-22-20-36(5,44)33(46-35-32(42)30(39(6)7)18-23(2)45-35)24(3)31(41)25(4)34(43)38-28(15-17-40(8)21-22)11-9-10-26-12-13-29-27(19-26)14-16-37-29/h12-14,16,19,22-25,28,30-33,35,37,41-42,44H,9-11,15,17-18,20-21H2,1-8H3,(H,38,43)/t22-,23-,24+,25+,28?,30+,31+,32-,33-,35?,36-/m1/s1. The van der Waals surface area contributed by atoms with Crippen LogP contribution in [0.2, 0.25) is 0 Å². The van der Waals surface area contributed by atoms with E-state index in [1.807, 2.05) is 39.0 Å². The van der Waals surface area contributed by atoms with Crippen LogP contribution in [0.3, 0.4) is 0 Å². The molecule has 2 aliphatic rings. The van der Waals surface area contributed by atoms with Crippen LogP contribution in [0.1, 0.15) is 72.3 Å². The number of benzene rings is 1. The van der Waals surface area contributed by atoms with E-state index in [1.165, 1.54) is 10.9 Å². The lowest BCUT2D eigenvalue weighted by atomic mass is 9.77. The first kappa shape index (κ1) is 36.8. The second-order valence-corrected chi connectivity index (χ2v) is 15.0. The van der Waals surface area contributed by atoms with Crippen molar-refractivity contribution in [3.63, 3.8) is 0 Å². The van der Waals surface area contributed by atoms with Crippen LogP contribution in [0.5, 0.6) is 0 Å². The number of hydrogen-bond donors (Lipinski definition) is 5. The highest BCUT2D eigenvalue weighted by Gasteiger charge is 2.47. The van der Waals surface area contributed by atoms with Crippen molar-refractivity contribution in [2.45, 2.75) is 122 Å². The zero-order valence-corrected chi connectivity index (χ0v) is 29.3. The Balaban J connectivity index is 1.50. The van der Waals surface area contributed by atoms with E-state index in [0.717, 1.165) is 44.3 Å². The van der Waals surface area contributed by atoms with E-state index in [1.54, 1.807) is 13.8 Å². The molecule has 0 bridgehead atoms. The molecular weight excluding hydrogens is 584 g/mol. The third kappa shape index (κ3) is 9.30. The van der Waals surface area contributed by atoms with Gasteiger partial charge >= 0.3 is 0 Å². The maximum atomic E-state index is 13.6. The van der Waals surface area contributed by atoms with E-state index in [2.05, 4.69) is 53.4 Å². The number of nitrogens with one attached hydrogen (secondary N) is 2. The first-order chi connectivity index (χ1) is 21.7. The number of aromatic amines is 1. The third-order valence-corrected chi connectivity index (χ3v) is 10.3. The minimum Gasteiger partial charge on any atom is -0.392 e. The van der Waals surface area contributed by atoms with E-state index in [4.69, 9.17) is 9.47 Å². The van der Waals surface area contributed by atoms with E-state index < -0.39 is 42.0 Å². The first-order valence-electron chi connectivity index (χ1n) is 17.3. The molecule has 10 nitrogen and oxygen atoms in total. The number of fused-ring (bicyclic) bond motifs is 1. The van der Waals surface area contributed by atoms with Crippen LogP contribution >= 0.6 is 0 Å². The van der Waals surface area contributed by atoms with Gasteiger partial charge in [-0.15, -0.1) is 0 Å². The van der Waals surface area contributed by atoms with Crippen LogP contribution in [-0.2, 0) is 20.7 Å². The fourth-order valence-corrected chi connectivity index (χ4v) is 7.74. The quantitative estimate of drug-likeness (QED) is 0.310. The van der Waals surface area contributed by atoms with Gasteiger partial charge in [0.25, 0.3) is 0 Å². The lowest BCUT2D eigenvalue weighted by Crippen LogP contribution is -2.59. The molecule has 2 unspecified atom stereocenters. The highest BCUT2D eigenvalue weighted by molar-refractivity contribution is 5.80. The maximum absolute atomic E-state index is 13.6. The summed E-state index contributed by atoms with van der Waals surface area (Å²) < 4.78 is 12.6.